The number of hydrogen-bond donors (Lipinski definition) is 2. The van der Waals surface area contributed by atoms with Gasteiger partial charge in [0.1, 0.15) is 24.4 Å². The first-order valence-electron chi connectivity index (χ1n) is 19.2. The van der Waals surface area contributed by atoms with Crippen molar-refractivity contribution in [3.05, 3.63) is 53.1 Å². The molecule has 0 spiro atoms. The van der Waals surface area contributed by atoms with E-state index in [0.717, 1.165) is 76.2 Å². The number of allylic oxidation sites excluding steroid dienone is 1. The molecule has 2 N–H and O–H groups in total. The predicted octanol–water partition coefficient (Wildman–Crippen LogP) is 5.86. The second-order valence-electron chi connectivity index (χ2n) is 14.8. The van der Waals surface area contributed by atoms with E-state index in [1.807, 2.05) is 24.3 Å². The maximum absolute atomic E-state index is 14.1. The van der Waals surface area contributed by atoms with E-state index in [-0.39, 0.29) is 31.4 Å². The Labute approximate surface area is 296 Å². The molecule has 3 saturated heterocycles. The SMILES string of the molecule is CCCCCC1(CCCCC)OC2C=C(C(=O)N3CCCC3C(=O)NCCO)CC(OC(=O)c3cccc(C=CC4CCC5OC5C4)c3)C2O1. The number of nitrogens with zero attached hydrogens (tertiary/aromatic N) is 1. The van der Waals surface area contributed by atoms with E-state index < -0.39 is 36.1 Å². The van der Waals surface area contributed by atoms with Crippen LogP contribution in [-0.2, 0) is 28.5 Å². The zero-order valence-corrected chi connectivity index (χ0v) is 29.9. The van der Waals surface area contributed by atoms with Gasteiger partial charge in [-0.05, 0) is 74.6 Å². The molecule has 3 heterocycles. The summed E-state index contributed by atoms with van der Waals surface area (Å²) in [6.45, 7) is 4.77. The number of fused-ring (bicyclic) bond motifs is 2. The van der Waals surface area contributed by atoms with Crippen molar-refractivity contribution in [1.29, 1.82) is 0 Å². The van der Waals surface area contributed by atoms with Crippen LogP contribution in [0, 0.1) is 5.92 Å². The van der Waals surface area contributed by atoms with Crippen LogP contribution in [-0.4, -0.2) is 89.8 Å². The van der Waals surface area contributed by atoms with Crippen LogP contribution in [0.4, 0.5) is 0 Å². The Bertz CT molecular complexity index is 1400. The van der Waals surface area contributed by atoms with Crippen molar-refractivity contribution in [2.24, 2.45) is 5.92 Å². The van der Waals surface area contributed by atoms with Crippen LogP contribution >= 0.6 is 0 Å². The highest BCUT2D eigenvalue weighted by molar-refractivity contribution is 5.98. The lowest BCUT2D eigenvalue weighted by atomic mass is 9.88. The van der Waals surface area contributed by atoms with Crippen molar-refractivity contribution >= 4 is 23.9 Å². The van der Waals surface area contributed by atoms with Gasteiger partial charge < -0.3 is 34.3 Å². The average molecular weight is 693 g/mol. The quantitative estimate of drug-likeness (QED) is 0.125. The van der Waals surface area contributed by atoms with Gasteiger partial charge in [0.2, 0.25) is 11.8 Å². The van der Waals surface area contributed by atoms with E-state index in [1.54, 1.807) is 11.0 Å². The Kier molecular flexibility index (Phi) is 12.5. The van der Waals surface area contributed by atoms with Gasteiger partial charge in [-0.1, -0.05) is 63.8 Å². The molecule has 274 valence electrons. The maximum Gasteiger partial charge on any atom is 0.338 e. The number of amides is 2. The van der Waals surface area contributed by atoms with Crippen LogP contribution in [0.1, 0.15) is 120 Å². The molecule has 2 aliphatic carbocycles. The van der Waals surface area contributed by atoms with E-state index >= 15 is 0 Å². The molecular formula is C40H56N2O8. The third-order valence-corrected chi connectivity index (χ3v) is 11.0. The third-order valence-electron chi connectivity index (χ3n) is 11.0. The van der Waals surface area contributed by atoms with Crippen molar-refractivity contribution in [3.8, 4) is 0 Å². The number of unbranched alkanes of at least 4 members (excludes halogenated alkanes) is 4. The van der Waals surface area contributed by atoms with Crippen LogP contribution < -0.4 is 5.32 Å². The number of hydrogen-bond acceptors (Lipinski definition) is 8. The highest BCUT2D eigenvalue weighted by Gasteiger charge is 2.53. The molecule has 7 unspecified atom stereocenters. The smallest absolute Gasteiger partial charge is 0.338 e. The number of aliphatic hydroxyl groups excluding tert-OH is 1. The number of ether oxygens (including phenoxy) is 4. The number of benzene rings is 1. The van der Waals surface area contributed by atoms with Gasteiger partial charge in [-0.15, -0.1) is 0 Å². The van der Waals surface area contributed by atoms with Gasteiger partial charge in [0.15, 0.2) is 5.79 Å². The minimum atomic E-state index is -0.810. The third kappa shape index (κ3) is 8.87. The van der Waals surface area contributed by atoms with Crippen LogP contribution in [0.3, 0.4) is 0 Å². The van der Waals surface area contributed by atoms with E-state index in [9.17, 15) is 19.5 Å². The van der Waals surface area contributed by atoms with Gasteiger partial charge in [0.25, 0.3) is 0 Å². The van der Waals surface area contributed by atoms with Gasteiger partial charge >= 0.3 is 5.97 Å². The van der Waals surface area contributed by atoms with E-state index in [0.29, 0.717) is 48.6 Å². The molecule has 3 aliphatic heterocycles. The second kappa shape index (κ2) is 17.0. The van der Waals surface area contributed by atoms with Crippen molar-refractivity contribution in [2.45, 2.75) is 146 Å². The monoisotopic (exact) mass is 692 g/mol. The fourth-order valence-electron chi connectivity index (χ4n) is 8.19. The molecular weight excluding hydrogens is 636 g/mol. The molecule has 10 heteroatoms. The number of epoxide rings is 1. The second-order valence-corrected chi connectivity index (χ2v) is 14.8. The summed E-state index contributed by atoms with van der Waals surface area (Å²) in [5.41, 5.74) is 1.84. The van der Waals surface area contributed by atoms with Crippen molar-refractivity contribution in [3.63, 3.8) is 0 Å². The molecule has 7 atom stereocenters. The number of carbonyl (C=O) groups excluding carboxylic acids is 3. The molecule has 1 aromatic rings. The summed E-state index contributed by atoms with van der Waals surface area (Å²) < 4.78 is 25.5. The summed E-state index contributed by atoms with van der Waals surface area (Å²) >= 11 is 0. The van der Waals surface area contributed by atoms with Gasteiger partial charge in [-0.25, -0.2) is 4.79 Å². The standard InChI is InChI=1S/C40H56N2O8/c1-3-5-7-18-40(19-8-6-4-2)49-35-26-30(38(45)42-21-10-13-31(42)37(44)41-20-22-43)25-34(36(35)50-40)48-39(46)29-12-9-11-27(23-29)14-15-28-16-17-32-33(24-28)47-32/h9,11-12,14-15,23,26,28,31-36,43H,3-8,10,13,16-22,24-25H2,1-2H3,(H,41,44). The Morgan fingerprint density at radius 1 is 1.04 bits per heavy atom. The van der Waals surface area contributed by atoms with Crippen molar-refractivity contribution in [1.82, 2.24) is 10.2 Å². The minimum Gasteiger partial charge on any atom is -0.456 e. The zero-order valence-electron chi connectivity index (χ0n) is 29.9. The fourth-order valence-corrected chi connectivity index (χ4v) is 8.19. The van der Waals surface area contributed by atoms with E-state index in [2.05, 4.69) is 31.3 Å². The van der Waals surface area contributed by atoms with Gasteiger partial charge in [0, 0.05) is 37.9 Å². The predicted molar refractivity (Wildman–Crippen MR) is 189 cm³/mol. The molecule has 4 fully saturated rings. The van der Waals surface area contributed by atoms with Gasteiger partial charge in [-0.2, -0.15) is 0 Å². The highest BCUT2D eigenvalue weighted by atomic mass is 16.8. The molecule has 1 aromatic carbocycles. The first kappa shape index (κ1) is 36.7. The summed E-state index contributed by atoms with van der Waals surface area (Å²) in [5.74, 6) is -1.32. The zero-order chi connectivity index (χ0) is 35.1. The lowest BCUT2D eigenvalue weighted by molar-refractivity contribution is -0.190. The number of rotatable bonds is 16. The lowest BCUT2D eigenvalue weighted by Crippen LogP contribution is -2.49. The van der Waals surface area contributed by atoms with Crippen LogP contribution in [0.5, 0.6) is 0 Å². The molecule has 1 saturated carbocycles. The fraction of sp³-hybridized carbons (Fsp3) is 0.675. The molecule has 0 radical (unpaired) electrons. The number of likely N-dealkylation sites (tertiary alicyclic amines) is 1. The Morgan fingerprint density at radius 3 is 2.58 bits per heavy atom. The van der Waals surface area contributed by atoms with Crippen molar-refractivity contribution in [2.75, 3.05) is 19.7 Å². The summed E-state index contributed by atoms with van der Waals surface area (Å²) in [4.78, 5) is 42.4. The Hall–Kier alpha value is -3.05. The molecule has 50 heavy (non-hydrogen) atoms. The summed E-state index contributed by atoms with van der Waals surface area (Å²) in [6, 6.07) is 6.86. The molecule has 10 nitrogen and oxygen atoms in total. The first-order valence-corrected chi connectivity index (χ1v) is 19.2. The number of esters is 1. The normalized spacial score (nSPS) is 29.7. The van der Waals surface area contributed by atoms with E-state index in [4.69, 9.17) is 18.9 Å². The van der Waals surface area contributed by atoms with Crippen LogP contribution in [0.2, 0.25) is 0 Å². The van der Waals surface area contributed by atoms with Gasteiger partial charge in [-0.3, -0.25) is 9.59 Å². The molecule has 6 rings (SSSR count). The average Bonchev–Trinajstić information content (AvgIpc) is 3.55. The maximum atomic E-state index is 14.1. The topological polar surface area (TPSA) is 127 Å². The summed E-state index contributed by atoms with van der Waals surface area (Å²) in [6.07, 6.45) is 17.5. The first-order chi connectivity index (χ1) is 24.3. The van der Waals surface area contributed by atoms with Crippen molar-refractivity contribution < 1.29 is 38.4 Å². The molecule has 5 aliphatic rings. The Balaban J connectivity index is 1.21. The number of carbonyl (C=O) groups is 3. The van der Waals surface area contributed by atoms with E-state index in [1.165, 1.54) is 0 Å². The summed E-state index contributed by atoms with van der Waals surface area (Å²) in [7, 11) is 0. The van der Waals surface area contributed by atoms with Gasteiger partial charge in [0.05, 0.1) is 24.4 Å². The van der Waals surface area contributed by atoms with Crippen LogP contribution in [0.25, 0.3) is 6.08 Å². The molecule has 2 amide bonds. The van der Waals surface area contributed by atoms with Crippen LogP contribution in [0.15, 0.2) is 42.0 Å². The number of nitrogens with one attached hydrogen (secondary N) is 1. The largest absolute Gasteiger partial charge is 0.456 e. The Morgan fingerprint density at radius 2 is 1.84 bits per heavy atom. The molecule has 0 aromatic heterocycles. The molecule has 0 bridgehead atoms. The summed E-state index contributed by atoms with van der Waals surface area (Å²) in [5, 5.41) is 11.9. The number of aliphatic hydroxyl groups is 1. The minimum absolute atomic E-state index is 0.137. The highest BCUT2D eigenvalue weighted by Crippen LogP contribution is 2.44. The lowest BCUT2D eigenvalue weighted by Gasteiger charge is -2.33.